The third-order valence-electron chi connectivity index (χ3n) is 3.59. The Bertz CT molecular complexity index is 447. The van der Waals surface area contributed by atoms with Crippen LogP contribution in [-0.2, 0) is 6.54 Å². The summed E-state index contributed by atoms with van der Waals surface area (Å²) in [6.45, 7) is 11.0. The van der Waals surface area contributed by atoms with Crippen molar-refractivity contribution in [2.45, 2.75) is 59.5 Å². The van der Waals surface area contributed by atoms with E-state index in [9.17, 15) is 0 Å². The highest BCUT2D eigenvalue weighted by molar-refractivity contribution is 5.43. The average Bonchev–Trinajstić information content (AvgIpc) is 3.21. The Morgan fingerprint density at radius 1 is 1.14 bits per heavy atom. The number of rotatable bonds is 8. The van der Waals surface area contributed by atoms with Gasteiger partial charge in [-0.05, 0) is 49.3 Å². The molecule has 2 rings (SSSR count). The van der Waals surface area contributed by atoms with Crippen molar-refractivity contribution in [2.75, 3.05) is 13.2 Å². The summed E-state index contributed by atoms with van der Waals surface area (Å²) in [7, 11) is 0. The van der Waals surface area contributed by atoms with Crippen LogP contribution in [0.5, 0.6) is 11.5 Å². The topological polar surface area (TPSA) is 30.5 Å². The first-order valence-electron chi connectivity index (χ1n) is 8.10. The van der Waals surface area contributed by atoms with Crippen molar-refractivity contribution in [2.24, 2.45) is 5.41 Å². The fraction of sp³-hybridized carbons (Fsp3) is 0.667. The highest BCUT2D eigenvalue weighted by atomic mass is 16.5. The molecular formula is C18H29NO2. The van der Waals surface area contributed by atoms with E-state index in [-0.39, 0.29) is 0 Å². The molecule has 1 aromatic rings. The largest absolute Gasteiger partial charge is 0.490 e. The van der Waals surface area contributed by atoms with Crippen LogP contribution in [-0.4, -0.2) is 19.3 Å². The van der Waals surface area contributed by atoms with E-state index in [1.807, 2.05) is 13.0 Å². The molecule has 0 bridgehead atoms. The summed E-state index contributed by atoms with van der Waals surface area (Å²) in [5, 5.41) is 3.53. The highest BCUT2D eigenvalue weighted by Gasteiger charge is 2.20. The van der Waals surface area contributed by atoms with E-state index >= 15 is 0 Å². The fourth-order valence-corrected chi connectivity index (χ4v) is 2.07. The van der Waals surface area contributed by atoms with Crippen molar-refractivity contribution >= 4 is 0 Å². The van der Waals surface area contributed by atoms with Crippen LogP contribution in [0.4, 0.5) is 0 Å². The molecule has 0 atom stereocenters. The molecule has 1 aliphatic carbocycles. The molecule has 0 unspecified atom stereocenters. The van der Waals surface area contributed by atoms with E-state index in [0.717, 1.165) is 37.1 Å². The van der Waals surface area contributed by atoms with E-state index in [0.29, 0.717) is 12.0 Å². The Morgan fingerprint density at radius 2 is 1.90 bits per heavy atom. The zero-order valence-electron chi connectivity index (χ0n) is 13.9. The molecule has 0 aliphatic heterocycles. The maximum atomic E-state index is 5.91. The lowest BCUT2D eigenvalue weighted by molar-refractivity contribution is 0.229. The normalized spacial score (nSPS) is 15.0. The molecule has 0 radical (unpaired) electrons. The molecule has 0 amide bonds. The van der Waals surface area contributed by atoms with Crippen molar-refractivity contribution < 1.29 is 9.47 Å². The smallest absolute Gasteiger partial charge is 0.161 e. The Kier molecular flexibility index (Phi) is 5.51. The van der Waals surface area contributed by atoms with Crippen molar-refractivity contribution in [1.29, 1.82) is 0 Å². The molecule has 3 heteroatoms. The van der Waals surface area contributed by atoms with E-state index < -0.39 is 0 Å². The maximum Gasteiger partial charge on any atom is 0.161 e. The Balaban J connectivity index is 1.94. The molecule has 1 N–H and O–H groups in total. The van der Waals surface area contributed by atoms with Gasteiger partial charge >= 0.3 is 0 Å². The van der Waals surface area contributed by atoms with E-state index in [1.165, 1.54) is 18.4 Å². The number of nitrogens with one attached hydrogen (secondary N) is 1. The Hall–Kier alpha value is -1.22. The lowest BCUT2D eigenvalue weighted by Crippen LogP contribution is -2.15. The van der Waals surface area contributed by atoms with Crippen LogP contribution in [0.2, 0.25) is 0 Å². The molecule has 0 heterocycles. The first-order chi connectivity index (χ1) is 9.98. The Labute approximate surface area is 129 Å². The Morgan fingerprint density at radius 3 is 2.52 bits per heavy atom. The van der Waals surface area contributed by atoms with Gasteiger partial charge in [-0.15, -0.1) is 0 Å². The van der Waals surface area contributed by atoms with Crippen molar-refractivity contribution in [1.82, 2.24) is 5.32 Å². The predicted molar refractivity (Wildman–Crippen MR) is 87.0 cm³/mol. The summed E-state index contributed by atoms with van der Waals surface area (Å²) < 4.78 is 11.6. The first kappa shape index (κ1) is 16.2. The van der Waals surface area contributed by atoms with Gasteiger partial charge in [0.15, 0.2) is 11.5 Å². The van der Waals surface area contributed by atoms with Crippen LogP contribution in [0.1, 0.15) is 52.5 Å². The molecule has 0 aromatic heterocycles. The summed E-state index contributed by atoms with van der Waals surface area (Å²) in [6.07, 6.45) is 3.65. The number of hydrogen-bond acceptors (Lipinski definition) is 3. The molecule has 1 aliphatic rings. The summed E-state index contributed by atoms with van der Waals surface area (Å²) in [6, 6.07) is 7.00. The van der Waals surface area contributed by atoms with Crippen LogP contribution in [0, 0.1) is 5.41 Å². The molecule has 21 heavy (non-hydrogen) atoms. The second-order valence-electron chi connectivity index (χ2n) is 7.03. The van der Waals surface area contributed by atoms with Gasteiger partial charge in [-0.1, -0.05) is 26.8 Å². The molecule has 0 spiro atoms. The fourth-order valence-electron chi connectivity index (χ4n) is 2.07. The molecule has 1 fully saturated rings. The molecule has 1 saturated carbocycles. The van der Waals surface area contributed by atoms with Crippen LogP contribution >= 0.6 is 0 Å². The zero-order chi connectivity index (χ0) is 15.3. The van der Waals surface area contributed by atoms with Gasteiger partial charge in [-0.3, -0.25) is 0 Å². The van der Waals surface area contributed by atoms with E-state index in [4.69, 9.17) is 9.47 Å². The summed E-state index contributed by atoms with van der Waals surface area (Å²) in [5.74, 6) is 1.72. The van der Waals surface area contributed by atoms with Gasteiger partial charge in [0.05, 0.1) is 13.2 Å². The summed E-state index contributed by atoms with van der Waals surface area (Å²) >= 11 is 0. The zero-order valence-corrected chi connectivity index (χ0v) is 13.9. The monoisotopic (exact) mass is 291 g/mol. The lowest BCUT2D eigenvalue weighted by atomic mass is 9.93. The quantitative estimate of drug-likeness (QED) is 0.780. The second kappa shape index (κ2) is 7.17. The minimum absolute atomic E-state index is 0.292. The number of benzene rings is 1. The van der Waals surface area contributed by atoms with Gasteiger partial charge in [0, 0.05) is 12.6 Å². The van der Waals surface area contributed by atoms with Gasteiger partial charge in [-0.25, -0.2) is 0 Å². The minimum atomic E-state index is 0.292. The third kappa shape index (κ3) is 5.96. The third-order valence-corrected chi connectivity index (χ3v) is 3.59. The lowest BCUT2D eigenvalue weighted by Gasteiger charge is -2.19. The van der Waals surface area contributed by atoms with E-state index in [1.54, 1.807) is 0 Å². The van der Waals surface area contributed by atoms with Crippen molar-refractivity contribution in [3.8, 4) is 11.5 Å². The van der Waals surface area contributed by atoms with Gasteiger partial charge in [-0.2, -0.15) is 0 Å². The molecular weight excluding hydrogens is 262 g/mol. The summed E-state index contributed by atoms with van der Waals surface area (Å²) in [4.78, 5) is 0. The average molecular weight is 291 g/mol. The van der Waals surface area contributed by atoms with Crippen molar-refractivity contribution in [3.63, 3.8) is 0 Å². The molecule has 118 valence electrons. The van der Waals surface area contributed by atoms with Crippen LogP contribution in [0.3, 0.4) is 0 Å². The van der Waals surface area contributed by atoms with Crippen LogP contribution < -0.4 is 14.8 Å². The molecule has 1 aromatic carbocycles. The van der Waals surface area contributed by atoms with Gasteiger partial charge in [0.25, 0.3) is 0 Å². The first-order valence-corrected chi connectivity index (χ1v) is 8.10. The predicted octanol–water partition coefficient (Wildman–Crippen LogP) is 4.15. The second-order valence-corrected chi connectivity index (χ2v) is 7.03. The maximum absolute atomic E-state index is 5.91. The standard InChI is InChI=1S/C18H29NO2/c1-5-20-17-12-14(13-19-15-7-8-15)6-9-16(17)21-11-10-18(2,3)4/h6,9,12,15,19H,5,7-8,10-11,13H2,1-4H3. The summed E-state index contributed by atoms with van der Waals surface area (Å²) in [5.41, 5.74) is 1.55. The van der Waals surface area contributed by atoms with E-state index in [2.05, 4.69) is 38.2 Å². The number of ether oxygens (including phenoxy) is 2. The SMILES string of the molecule is CCOc1cc(CNC2CC2)ccc1OCCC(C)(C)C. The minimum Gasteiger partial charge on any atom is -0.490 e. The van der Waals surface area contributed by atoms with Crippen LogP contribution in [0.25, 0.3) is 0 Å². The highest BCUT2D eigenvalue weighted by Crippen LogP contribution is 2.30. The van der Waals surface area contributed by atoms with Gasteiger partial charge in [0.2, 0.25) is 0 Å². The molecule has 0 saturated heterocycles. The van der Waals surface area contributed by atoms with Gasteiger partial charge < -0.3 is 14.8 Å². The van der Waals surface area contributed by atoms with Gasteiger partial charge in [0.1, 0.15) is 0 Å². The number of hydrogen-bond donors (Lipinski definition) is 1. The van der Waals surface area contributed by atoms with Crippen LogP contribution in [0.15, 0.2) is 18.2 Å². The molecule has 3 nitrogen and oxygen atoms in total. The van der Waals surface area contributed by atoms with Crippen molar-refractivity contribution in [3.05, 3.63) is 23.8 Å².